The Kier molecular flexibility index (Phi) is 8.09. The molecule has 0 radical (unpaired) electrons. The molecule has 3 aromatic rings. The maximum atomic E-state index is 12.7. The van der Waals surface area contributed by atoms with E-state index in [9.17, 15) is 14.9 Å². The van der Waals surface area contributed by atoms with E-state index in [1.807, 2.05) is 38.1 Å². The molecule has 9 heteroatoms. The molecule has 1 aromatic carbocycles. The molecule has 1 N–H and O–H groups in total. The van der Waals surface area contributed by atoms with E-state index in [2.05, 4.69) is 16.4 Å². The number of carbonyl (C=O) groups excluding carboxylic acids is 2. The molecule has 0 aliphatic rings. The number of methoxy groups -OCH3 is 1. The van der Waals surface area contributed by atoms with Crippen LogP contribution in [0, 0.1) is 25.2 Å². The van der Waals surface area contributed by atoms with E-state index in [0.29, 0.717) is 26.8 Å². The number of hydrogen-bond donors (Lipinski definition) is 1. The molecule has 0 saturated heterocycles. The third kappa shape index (κ3) is 5.72. The molecule has 1 amide bonds. The van der Waals surface area contributed by atoms with Gasteiger partial charge in [0.25, 0.3) is 0 Å². The van der Waals surface area contributed by atoms with Crippen LogP contribution in [-0.4, -0.2) is 36.3 Å². The zero-order chi connectivity index (χ0) is 24.0. The number of thioether (sulfide) groups is 1. The van der Waals surface area contributed by atoms with Gasteiger partial charge in [0.15, 0.2) is 0 Å². The lowest BCUT2D eigenvalue weighted by atomic mass is 10.1. The number of thiophene rings is 1. The first kappa shape index (κ1) is 24.3. The number of rotatable bonds is 8. The fourth-order valence-corrected chi connectivity index (χ4v) is 4.86. The highest BCUT2D eigenvalue weighted by molar-refractivity contribution is 8.00. The van der Waals surface area contributed by atoms with Crippen LogP contribution in [0.25, 0.3) is 11.3 Å². The number of benzene rings is 1. The van der Waals surface area contributed by atoms with Crippen molar-refractivity contribution >= 4 is 40.0 Å². The Balaban J connectivity index is 1.76. The summed E-state index contributed by atoms with van der Waals surface area (Å²) in [5.41, 5.74) is 3.13. The van der Waals surface area contributed by atoms with Crippen molar-refractivity contribution in [3.63, 3.8) is 0 Å². The fourth-order valence-electron chi connectivity index (χ4n) is 3.02. The van der Waals surface area contributed by atoms with Gasteiger partial charge in [0, 0.05) is 10.4 Å². The molecule has 0 spiro atoms. The van der Waals surface area contributed by atoms with Gasteiger partial charge < -0.3 is 14.8 Å². The summed E-state index contributed by atoms with van der Waals surface area (Å²) in [6.45, 7) is 5.71. The number of carbonyl (C=O) groups is 2. The number of esters is 1. The standard InChI is InChI=1S/C24H23N3O4S2/c1-5-31-24(29)21-14(2)15(3)33-23(21)27-20(28)13-32-22-17(12-25)8-11-19(26-22)16-6-9-18(30-4)10-7-16/h6-11H,5,13H2,1-4H3,(H,27,28). The second kappa shape index (κ2) is 11.0. The van der Waals surface area contributed by atoms with Gasteiger partial charge in [-0.3, -0.25) is 4.79 Å². The van der Waals surface area contributed by atoms with Gasteiger partial charge in [-0.1, -0.05) is 11.8 Å². The third-order valence-corrected chi connectivity index (χ3v) is 6.94. The molecule has 3 rings (SSSR count). The van der Waals surface area contributed by atoms with Crippen LogP contribution in [0.15, 0.2) is 41.4 Å². The predicted molar refractivity (Wildman–Crippen MR) is 130 cm³/mol. The Labute approximate surface area is 200 Å². The zero-order valence-electron chi connectivity index (χ0n) is 18.7. The second-order valence-electron chi connectivity index (χ2n) is 6.93. The molecule has 0 saturated carbocycles. The number of anilines is 1. The van der Waals surface area contributed by atoms with Crippen molar-refractivity contribution in [2.24, 2.45) is 0 Å². The van der Waals surface area contributed by atoms with Gasteiger partial charge in [-0.05, 0) is 62.7 Å². The van der Waals surface area contributed by atoms with E-state index in [1.54, 1.807) is 26.2 Å². The molecule has 0 unspecified atom stereocenters. The molecule has 2 aromatic heterocycles. The van der Waals surface area contributed by atoms with E-state index in [4.69, 9.17) is 9.47 Å². The van der Waals surface area contributed by atoms with Crippen molar-refractivity contribution in [2.45, 2.75) is 25.8 Å². The lowest BCUT2D eigenvalue weighted by Crippen LogP contribution is -2.16. The normalized spacial score (nSPS) is 10.4. The minimum absolute atomic E-state index is 0.0337. The first-order chi connectivity index (χ1) is 15.9. The van der Waals surface area contributed by atoms with Crippen molar-refractivity contribution in [3.8, 4) is 23.1 Å². The molecular weight excluding hydrogens is 458 g/mol. The van der Waals surface area contributed by atoms with Gasteiger partial charge in [0.2, 0.25) is 5.91 Å². The van der Waals surface area contributed by atoms with Crippen LogP contribution in [0.1, 0.15) is 33.3 Å². The molecule has 0 fully saturated rings. The SMILES string of the molecule is CCOC(=O)c1c(NC(=O)CSc2nc(-c3ccc(OC)cc3)ccc2C#N)sc(C)c1C. The molecule has 2 heterocycles. The number of nitrogens with one attached hydrogen (secondary N) is 1. The van der Waals surface area contributed by atoms with E-state index < -0.39 is 5.97 Å². The number of pyridine rings is 1. The van der Waals surface area contributed by atoms with Crippen LogP contribution in [-0.2, 0) is 9.53 Å². The lowest BCUT2D eigenvalue weighted by Gasteiger charge is -2.09. The molecule has 0 aliphatic heterocycles. The minimum atomic E-state index is -0.456. The quantitative estimate of drug-likeness (QED) is 0.348. The highest BCUT2D eigenvalue weighted by atomic mass is 32.2. The summed E-state index contributed by atoms with van der Waals surface area (Å²) in [6, 6.07) is 13.0. The van der Waals surface area contributed by atoms with Crippen LogP contribution in [0.5, 0.6) is 5.75 Å². The van der Waals surface area contributed by atoms with E-state index >= 15 is 0 Å². The second-order valence-corrected chi connectivity index (χ2v) is 9.12. The van der Waals surface area contributed by atoms with Crippen molar-refractivity contribution in [3.05, 3.63) is 58.0 Å². The Bertz CT molecular complexity index is 1210. The van der Waals surface area contributed by atoms with Crippen molar-refractivity contribution in [1.82, 2.24) is 4.98 Å². The van der Waals surface area contributed by atoms with Gasteiger partial charge in [-0.25, -0.2) is 9.78 Å². The smallest absolute Gasteiger partial charge is 0.341 e. The minimum Gasteiger partial charge on any atom is -0.497 e. The largest absolute Gasteiger partial charge is 0.497 e. The zero-order valence-corrected chi connectivity index (χ0v) is 20.4. The van der Waals surface area contributed by atoms with Gasteiger partial charge in [0.05, 0.1) is 36.3 Å². The average molecular weight is 482 g/mol. The number of hydrogen-bond acceptors (Lipinski definition) is 8. The van der Waals surface area contributed by atoms with E-state index in [1.165, 1.54) is 23.1 Å². The fraction of sp³-hybridized carbons (Fsp3) is 0.250. The monoisotopic (exact) mass is 481 g/mol. The summed E-state index contributed by atoms with van der Waals surface area (Å²) < 4.78 is 10.3. The van der Waals surface area contributed by atoms with Gasteiger partial charge in [0.1, 0.15) is 21.8 Å². The summed E-state index contributed by atoms with van der Waals surface area (Å²) in [5, 5.41) is 13.2. The molecule has 7 nitrogen and oxygen atoms in total. The Hall–Kier alpha value is -3.35. The summed E-state index contributed by atoms with van der Waals surface area (Å²) in [7, 11) is 1.60. The van der Waals surface area contributed by atoms with Gasteiger partial charge in [-0.2, -0.15) is 5.26 Å². The molecule has 0 aliphatic carbocycles. The molecule has 170 valence electrons. The number of nitrogens with zero attached hydrogens (tertiary/aromatic N) is 2. The van der Waals surface area contributed by atoms with Crippen LogP contribution in [0.2, 0.25) is 0 Å². The Morgan fingerprint density at radius 2 is 1.91 bits per heavy atom. The van der Waals surface area contributed by atoms with Crippen LogP contribution in [0.4, 0.5) is 5.00 Å². The van der Waals surface area contributed by atoms with Crippen molar-refractivity contribution < 1.29 is 19.1 Å². The maximum absolute atomic E-state index is 12.7. The number of nitriles is 1. The van der Waals surface area contributed by atoms with Gasteiger partial charge >= 0.3 is 5.97 Å². The Morgan fingerprint density at radius 3 is 2.55 bits per heavy atom. The highest BCUT2D eigenvalue weighted by Crippen LogP contribution is 2.33. The topological polar surface area (TPSA) is 101 Å². The number of amides is 1. The van der Waals surface area contributed by atoms with Crippen LogP contribution < -0.4 is 10.1 Å². The summed E-state index contributed by atoms with van der Waals surface area (Å²) in [4.78, 5) is 30.5. The van der Waals surface area contributed by atoms with Gasteiger partial charge in [-0.15, -0.1) is 11.3 Å². The van der Waals surface area contributed by atoms with E-state index in [-0.39, 0.29) is 18.3 Å². The maximum Gasteiger partial charge on any atom is 0.341 e. The van der Waals surface area contributed by atoms with Crippen molar-refractivity contribution in [1.29, 1.82) is 5.26 Å². The molecule has 33 heavy (non-hydrogen) atoms. The molecular formula is C24H23N3O4S2. The number of aromatic nitrogens is 1. The number of aryl methyl sites for hydroxylation is 1. The number of ether oxygens (including phenoxy) is 2. The van der Waals surface area contributed by atoms with Crippen molar-refractivity contribution in [2.75, 3.05) is 24.8 Å². The first-order valence-corrected chi connectivity index (χ1v) is 11.9. The van der Waals surface area contributed by atoms with E-state index in [0.717, 1.165) is 21.8 Å². The van der Waals surface area contributed by atoms with Crippen LogP contribution in [0.3, 0.4) is 0 Å². The highest BCUT2D eigenvalue weighted by Gasteiger charge is 2.22. The first-order valence-electron chi connectivity index (χ1n) is 10.1. The molecule has 0 bridgehead atoms. The summed E-state index contributed by atoms with van der Waals surface area (Å²) in [5.74, 6) is 0.0154. The molecule has 0 atom stereocenters. The summed E-state index contributed by atoms with van der Waals surface area (Å²) in [6.07, 6.45) is 0. The average Bonchev–Trinajstić information content (AvgIpc) is 3.10. The third-order valence-electron chi connectivity index (χ3n) is 4.82. The Morgan fingerprint density at radius 1 is 1.18 bits per heavy atom. The van der Waals surface area contributed by atoms with Crippen LogP contribution >= 0.6 is 23.1 Å². The summed E-state index contributed by atoms with van der Waals surface area (Å²) >= 11 is 2.50. The lowest BCUT2D eigenvalue weighted by molar-refractivity contribution is -0.113. The predicted octanol–water partition coefficient (Wildman–Crippen LogP) is 5.21.